The van der Waals surface area contributed by atoms with Crippen molar-refractivity contribution >= 4 is 5.91 Å². The van der Waals surface area contributed by atoms with Crippen molar-refractivity contribution in [3.8, 4) is 0 Å². The van der Waals surface area contributed by atoms with Crippen molar-refractivity contribution in [1.29, 1.82) is 0 Å². The lowest BCUT2D eigenvalue weighted by atomic mass is 9.76. The van der Waals surface area contributed by atoms with E-state index < -0.39 is 0 Å². The second-order valence-electron chi connectivity index (χ2n) is 8.42. The van der Waals surface area contributed by atoms with E-state index in [4.69, 9.17) is 4.98 Å². The predicted octanol–water partition coefficient (Wildman–Crippen LogP) is 2.12. The van der Waals surface area contributed by atoms with Crippen LogP contribution in [0.25, 0.3) is 0 Å². The zero-order valence-corrected chi connectivity index (χ0v) is 16.0. The summed E-state index contributed by atoms with van der Waals surface area (Å²) in [6, 6.07) is 0. The molecule has 1 amide bonds. The summed E-state index contributed by atoms with van der Waals surface area (Å²) in [5.41, 5.74) is 3.22. The number of imidazole rings is 2. The SMILES string of the molecule is Cc1cnc(CN2CCC3(CC2)c2nc[nH]c2CCN3C(=O)C2CCC2)[nH]1. The van der Waals surface area contributed by atoms with Crippen LogP contribution >= 0.6 is 0 Å². The first-order chi connectivity index (χ1) is 13.2. The normalized spacial score (nSPS) is 22.6. The third kappa shape index (κ3) is 2.79. The van der Waals surface area contributed by atoms with Crippen LogP contribution < -0.4 is 0 Å². The maximum Gasteiger partial charge on any atom is 0.226 e. The zero-order chi connectivity index (χ0) is 18.4. The Bertz CT molecular complexity index is 827. The Hall–Kier alpha value is -2.15. The summed E-state index contributed by atoms with van der Waals surface area (Å²) in [5, 5.41) is 0. The van der Waals surface area contributed by atoms with Crippen LogP contribution in [0.3, 0.4) is 0 Å². The van der Waals surface area contributed by atoms with Crippen LogP contribution in [0.5, 0.6) is 0 Å². The summed E-state index contributed by atoms with van der Waals surface area (Å²) >= 11 is 0. The number of fused-ring (bicyclic) bond motifs is 2. The topological polar surface area (TPSA) is 80.9 Å². The lowest BCUT2D eigenvalue weighted by Gasteiger charge is -2.51. The second-order valence-corrected chi connectivity index (χ2v) is 8.42. The molecule has 4 heterocycles. The number of H-pyrrole nitrogens is 2. The Labute approximate surface area is 159 Å². The van der Waals surface area contributed by atoms with Crippen molar-refractivity contribution in [2.24, 2.45) is 5.92 Å². The van der Waals surface area contributed by atoms with Gasteiger partial charge in [-0.15, -0.1) is 0 Å². The number of piperidine rings is 1. The maximum atomic E-state index is 13.2. The Balaban J connectivity index is 1.37. The first kappa shape index (κ1) is 17.0. The number of likely N-dealkylation sites (tertiary alicyclic amines) is 1. The summed E-state index contributed by atoms with van der Waals surface area (Å²) < 4.78 is 0. The number of nitrogens with zero attached hydrogens (tertiary/aromatic N) is 4. The predicted molar refractivity (Wildman–Crippen MR) is 101 cm³/mol. The van der Waals surface area contributed by atoms with Crippen LogP contribution in [0, 0.1) is 12.8 Å². The molecule has 1 aliphatic carbocycles. The van der Waals surface area contributed by atoms with Crippen LogP contribution in [-0.2, 0) is 23.3 Å². The van der Waals surface area contributed by atoms with Gasteiger partial charge < -0.3 is 14.9 Å². The van der Waals surface area contributed by atoms with Crippen LogP contribution in [0.2, 0.25) is 0 Å². The molecular formula is C20H28N6O. The van der Waals surface area contributed by atoms with Crippen molar-refractivity contribution in [3.05, 3.63) is 35.4 Å². The third-order valence-electron chi connectivity index (χ3n) is 6.79. The van der Waals surface area contributed by atoms with Gasteiger partial charge in [0.2, 0.25) is 5.91 Å². The van der Waals surface area contributed by atoms with E-state index in [-0.39, 0.29) is 11.5 Å². The summed E-state index contributed by atoms with van der Waals surface area (Å²) in [7, 11) is 0. The summed E-state index contributed by atoms with van der Waals surface area (Å²) in [4.78, 5) is 33.7. The molecule has 7 nitrogen and oxygen atoms in total. The molecule has 0 aromatic carbocycles. The highest BCUT2D eigenvalue weighted by molar-refractivity contribution is 5.81. The lowest BCUT2D eigenvalue weighted by molar-refractivity contribution is -0.149. The molecule has 144 valence electrons. The number of hydrogen-bond donors (Lipinski definition) is 2. The Morgan fingerprint density at radius 3 is 2.74 bits per heavy atom. The summed E-state index contributed by atoms with van der Waals surface area (Å²) in [6.45, 7) is 5.61. The molecule has 1 spiro atoms. The minimum atomic E-state index is -0.226. The van der Waals surface area contributed by atoms with E-state index in [9.17, 15) is 4.79 Å². The van der Waals surface area contributed by atoms with E-state index in [0.717, 1.165) is 75.5 Å². The lowest BCUT2D eigenvalue weighted by Crippen LogP contribution is -2.59. The summed E-state index contributed by atoms with van der Waals surface area (Å²) in [6.07, 6.45) is 9.79. The van der Waals surface area contributed by atoms with Gasteiger partial charge in [-0.05, 0) is 32.6 Å². The zero-order valence-electron chi connectivity index (χ0n) is 16.0. The van der Waals surface area contributed by atoms with Gasteiger partial charge in [-0.3, -0.25) is 9.69 Å². The standard InChI is InChI=1S/C20H28N6O/c1-14-11-21-17(24-14)12-25-9-6-20(7-10-25)18-16(22-13-23-18)5-8-26(20)19(27)15-3-2-4-15/h11,13,15H,2-10,12H2,1H3,(H,21,24)(H,22,23). The van der Waals surface area contributed by atoms with Crippen molar-refractivity contribution in [1.82, 2.24) is 29.7 Å². The fraction of sp³-hybridized carbons (Fsp3) is 0.650. The average molecular weight is 368 g/mol. The Morgan fingerprint density at radius 1 is 1.26 bits per heavy atom. The number of amides is 1. The molecule has 0 atom stereocenters. The van der Waals surface area contributed by atoms with E-state index >= 15 is 0 Å². The third-order valence-corrected chi connectivity index (χ3v) is 6.79. The number of nitrogens with one attached hydrogen (secondary N) is 2. The number of aryl methyl sites for hydroxylation is 1. The van der Waals surface area contributed by atoms with Crippen LogP contribution in [0.4, 0.5) is 0 Å². The molecule has 2 fully saturated rings. The van der Waals surface area contributed by atoms with Gasteiger partial charge in [0.15, 0.2) is 0 Å². The number of rotatable bonds is 3. The van der Waals surface area contributed by atoms with E-state index in [1.807, 2.05) is 19.4 Å². The van der Waals surface area contributed by atoms with Crippen molar-refractivity contribution in [2.75, 3.05) is 19.6 Å². The molecular weight excluding hydrogens is 340 g/mol. The molecule has 0 bridgehead atoms. The number of aromatic nitrogens is 4. The highest BCUT2D eigenvalue weighted by Crippen LogP contribution is 2.44. The minimum absolute atomic E-state index is 0.226. The maximum absolute atomic E-state index is 13.2. The molecule has 2 aliphatic heterocycles. The molecule has 1 saturated heterocycles. The van der Waals surface area contributed by atoms with Crippen LogP contribution in [-0.4, -0.2) is 55.3 Å². The largest absolute Gasteiger partial charge is 0.348 e. The number of carbonyl (C=O) groups is 1. The molecule has 2 aromatic rings. The van der Waals surface area contributed by atoms with E-state index in [1.165, 1.54) is 12.1 Å². The number of aromatic amines is 2. The van der Waals surface area contributed by atoms with Crippen molar-refractivity contribution < 1.29 is 4.79 Å². The highest BCUT2D eigenvalue weighted by Gasteiger charge is 2.50. The molecule has 27 heavy (non-hydrogen) atoms. The number of hydrogen-bond acceptors (Lipinski definition) is 4. The second kappa shape index (κ2) is 6.48. The van der Waals surface area contributed by atoms with Crippen molar-refractivity contribution in [2.45, 2.75) is 57.5 Å². The smallest absolute Gasteiger partial charge is 0.226 e. The van der Waals surface area contributed by atoms with E-state index in [1.54, 1.807) is 0 Å². The van der Waals surface area contributed by atoms with Crippen LogP contribution in [0.15, 0.2) is 12.5 Å². The molecule has 3 aliphatic rings. The number of carbonyl (C=O) groups excluding carboxylic acids is 1. The van der Waals surface area contributed by atoms with Crippen molar-refractivity contribution in [3.63, 3.8) is 0 Å². The highest BCUT2D eigenvalue weighted by atomic mass is 16.2. The monoisotopic (exact) mass is 368 g/mol. The first-order valence-corrected chi connectivity index (χ1v) is 10.2. The van der Waals surface area contributed by atoms with Gasteiger partial charge in [0.05, 0.1) is 24.1 Å². The quantitative estimate of drug-likeness (QED) is 0.870. The molecule has 5 rings (SSSR count). The fourth-order valence-corrected chi connectivity index (χ4v) is 5.02. The van der Waals surface area contributed by atoms with Crippen LogP contribution in [0.1, 0.15) is 55.0 Å². The average Bonchev–Trinajstić information content (AvgIpc) is 3.25. The van der Waals surface area contributed by atoms with Gasteiger partial charge in [0.1, 0.15) is 5.82 Å². The molecule has 0 unspecified atom stereocenters. The van der Waals surface area contributed by atoms with E-state index in [0.29, 0.717) is 5.91 Å². The first-order valence-electron chi connectivity index (χ1n) is 10.2. The van der Waals surface area contributed by atoms with Gasteiger partial charge in [-0.1, -0.05) is 6.42 Å². The van der Waals surface area contributed by atoms with E-state index in [2.05, 4.69) is 24.8 Å². The molecule has 0 radical (unpaired) electrons. The van der Waals surface area contributed by atoms with Gasteiger partial charge in [0, 0.05) is 49.6 Å². The fourth-order valence-electron chi connectivity index (χ4n) is 5.02. The van der Waals surface area contributed by atoms with Gasteiger partial charge in [-0.25, -0.2) is 9.97 Å². The molecule has 7 heteroatoms. The van der Waals surface area contributed by atoms with Gasteiger partial charge in [0.25, 0.3) is 0 Å². The molecule has 2 N–H and O–H groups in total. The molecule has 2 aromatic heterocycles. The Kier molecular flexibility index (Phi) is 4.07. The summed E-state index contributed by atoms with van der Waals surface area (Å²) in [5.74, 6) is 1.63. The van der Waals surface area contributed by atoms with Gasteiger partial charge in [-0.2, -0.15) is 0 Å². The molecule has 1 saturated carbocycles. The Morgan fingerprint density at radius 2 is 2.07 bits per heavy atom. The minimum Gasteiger partial charge on any atom is -0.348 e. The van der Waals surface area contributed by atoms with Gasteiger partial charge >= 0.3 is 0 Å².